The maximum atomic E-state index is 13.4. The van der Waals surface area contributed by atoms with Gasteiger partial charge in [-0.05, 0) is 66.9 Å². The summed E-state index contributed by atoms with van der Waals surface area (Å²) in [7, 11) is 0. The monoisotopic (exact) mass is 353 g/mol. The number of nitrogens with zero attached hydrogens (tertiary/aromatic N) is 1. The van der Waals surface area contributed by atoms with Gasteiger partial charge in [-0.25, -0.2) is 0 Å². The van der Waals surface area contributed by atoms with Crippen molar-refractivity contribution in [1.29, 1.82) is 0 Å². The topological polar surface area (TPSA) is 40.5 Å². The molecule has 1 aliphatic heterocycles. The number of likely N-dealkylation sites (tertiary alicyclic amines) is 1. The number of carbonyl (C=O) groups excluding carboxylic acids is 1. The summed E-state index contributed by atoms with van der Waals surface area (Å²) < 4.78 is 0. The predicted molar refractivity (Wildman–Crippen MR) is 106 cm³/mol. The van der Waals surface area contributed by atoms with Crippen LogP contribution in [0.1, 0.15) is 75.4 Å². The molecule has 3 rings (SSSR count). The second-order valence-corrected chi connectivity index (χ2v) is 8.67. The van der Waals surface area contributed by atoms with Gasteiger partial charge in [0, 0.05) is 18.2 Å². The van der Waals surface area contributed by atoms with Crippen LogP contribution in [0.5, 0.6) is 0 Å². The van der Waals surface area contributed by atoms with Crippen LogP contribution in [0, 0.1) is 5.41 Å². The molecule has 0 aromatic heterocycles. The van der Waals surface area contributed by atoms with Crippen LogP contribution in [-0.2, 0) is 0 Å². The molecule has 1 heterocycles. The number of hydrogen-bond acceptors (Lipinski definition) is 2. The summed E-state index contributed by atoms with van der Waals surface area (Å²) in [6, 6.07) is 7.60. The Bertz CT molecular complexity index is 737. The summed E-state index contributed by atoms with van der Waals surface area (Å²) in [5.41, 5.74) is 4.33. The Kier molecular flexibility index (Phi) is 5.38. The summed E-state index contributed by atoms with van der Waals surface area (Å²) in [6.45, 7) is 9.16. The van der Waals surface area contributed by atoms with Crippen LogP contribution >= 0.6 is 0 Å². The van der Waals surface area contributed by atoms with Crippen molar-refractivity contribution in [1.82, 2.24) is 4.90 Å². The molecule has 2 atom stereocenters. The van der Waals surface area contributed by atoms with E-state index in [4.69, 9.17) is 0 Å². The lowest BCUT2D eigenvalue weighted by molar-refractivity contribution is 0.0536. The molecule has 1 saturated heterocycles. The third-order valence-electron chi connectivity index (χ3n) is 5.65. The lowest BCUT2D eigenvalue weighted by Gasteiger charge is -2.39. The number of aliphatic hydroxyl groups excluding tert-OH is 1. The molecule has 26 heavy (non-hydrogen) atoms. The second-order valence-electron chi connectivity index (χ2n) is 8.67. The standard InChI is InChI=1S/C23H31NO2/c1-16(25)18-10-7-11-20(14-18)22(26)24-13-12-17-8-5-6-9-19(17)15-21(24)23(2,3)4/h7-11,14,16,21,25H,5-6,12-13,15H2,1-4H3/t16?,21-/m0/s1. The molecule has 0 saturated carbocycles. The number of carbonyl (C=O) groups is 1. The van der Waals surface area contributed by atoms with Gasteiger partial charge < -0.3 is 10.0 Å². The molecule has 1 aromatic carbocycles. The molecule has 3 heteroatoms. The molecule has 0 radical (unpaired) electrons. The van der Waals surface area contributed by atoms with Gasteiger partial charge in [0.25, 0.3) is 5.91 Å². The number of hydrogen-bond donors (Lipinski definition) is 1. The Labute approximate surface area is 157 Å². The van der Waals surface area contributed by atoms with Crippen LogP contribution in [0.15, 0.2) is 47.6 Å². The Morgan fingerprint density at radius 2 is 1.88 bits per heavy atom. The van der Waals surface area contributed by atoms with Crippen LogP contribution in [0.2, 0.25) is 0 Å². The highest BCUT2D eigenvalue weighted by molar-refractivity contribution is 5.94. The lowest BCUT2D eigenvalue weighted by atomic mass is 9.80. The van der Waals surface area contributed by atoms with Gasteiger partial charge in [0.1, 0.15) is 0 Å². The number of benzene rings is 1. The number of aliphatic hydroxyl groups is 1. The fourth-order valence-electron chi connectivity index (χ4n) is 4.08. The van der Waals surface area contributed by atoms with E-state index in [1.54, 1.807) is 6.92 Å². The fourth-order valence-corrected chi connectivity index (χ4v) is 4.08. The van der Waals surface area contributed by atoms with Gasteiger partial charge in [0.15, 0.2) is 0 Å². The molecular formula is C23H31NO2. The number of fused-ring (bicyclic) bond motifs is 1. The van der Waals surface area contributed by atoms with Crippen molar-refractivity contribution >= 4 is 5.91 Å². The highest BCUT2D eigenvalue weighted by atomic mass is 16.3. The minimum Gasteiger partial charge on any atom is -0.389 e. The van der Waals surface area contributed by atoms with Gasteiger partial charge >= 0.3 is 0 Å². The van der Waals surface area contributed by atoms with Gasteiger partial charge in [-0.3, -0.25) is 4.79 Å². The van der Waals surface area contributed by atoms with Gasteiger partial charge in [-0.1, -0.05) is 45.1 Å². The maximum absolute atomic E-state index is 13.4. The van der Waals surface area contributed by atoms with Crippen LogP contribution in [-0.4, -0.2) is 28.5 Å². The summed E-state index contributed by atoms with van der Waals surface area (Å²) in [4.78, 5) is 15.5. The Balaban J connectivity index is 1.95. The van der Waals surface area contributed by atoms with Crippen molar-refractivity contribution in [3.8, 4) is 0 Å². The van der Waals surface area contributed by atoms with Crippen molar-refractivity contribution in [3.05, 3.63) is 58.7 Å². The Morgan fingerprint density at radius 3 is 2.54 bits per heavy atom. The van der Waals surface area contributed by atoms with E-state index in [2.05, 4.69) is 37.8 Å². The molecule has 1 amide bonds. The van der Waals surface area contributed by atoms with E-state index in [0.29, 0.717) is 5.56 Å². The van der Waals surface area contributed by atoms with E-state index >= 15 is 0 Å². The van der Waals surface area contributed by atoms with Crippen molar-refractivity contribution in [2.45, 2.75) is 65.5 Å². The smallest absolute Gasteiger partial charge is 0.254 e. The van der Waals surface area contributed by atoms with Crippen LogP contribution in [0.3, 0.4) is 0 Å². The third kappa shape index (κ3) is 3.93. The molecule has 2 aliphatic rings. The first-order valence-corrected chi connectivity index (χ1v) is 9.75. The minimum atomic E-state index is -0.566. The van der Waals surface area contributed by atoms with Crippen molar-refractivity contribution < 1.29 is 9.90 Å². The van der Waals surface area contributed by atoms with Crippen LogP contribution < -0.4 is 0 Å². The van der Waals surface area contributed by atoms with Crippen molar-refractivity contribution in [2.75, 3.05) is 6.54 Å². The van der Waals surface area contributed by atoms with E-state index in [1.165, 1.54) is 11.1 Å². The zero-order chi connectivity index (χ0) is 18.9. The summed E-state index contributed by atoms with van der Waals surface area (Å²) in [5, 5.41) is 9.87. The molecule has 1 aromatic rings. The summed E-state index contributed by atoms with van der Waals surface area (Å²) in [6.07, 6.45) is 8.25. The largest absolute Gasteiger partial charge is 0.389 e. The van der Waals surface area contributed by atoms with E-state index in [9.17, 15) is 9.90 Å². The first-order chi connectivity index (χ1) is 12.3. The first-order valence-electron chi connectivity index (χ1n) is 9.75. The van der Waals surface area contributed by atoms with Gasteiger partial charge in [0.2, 0.25) is 0 Å². The minimum absolute atomic E-state index is 0.00524. The Morgan fingerprint density at radius 1 is 1.19 bits per heavy atom. The van der Waals surface area contributed by atoms with Crippen molar-refractivity contribution in [2.24, 2.45) is 5.41 Å². The second kappa shape index (κ2) is 7.40. The molecule has 0 bridgehead atoms. The maximum Gasteiger partial charge on any atom is 0.254 e. The molecule has 140 valence electrons. The normalized spacial score (nSPS) is 22.0. The molecule has 1 fully saturated rings. The van der Waals surface area contributed by atoms with Gasteiger partial charge in [-0.15, -0.1) is 0 Å². The summed E-state index contributed by atoms with van der Waals surface area (Å²) >= 11 is 0. The predicted octanol–water partition coefficient (Wildman–Crippen LogP) is 5.04. The average molecular weight is 354 g/mol. The molecule has 1 unspecified atom stereocenters. The number of amides is 1. The van der Waals surface area contributed by atoms with E-state index < -0.39 is 6.10 Å². The number of allylic oxidation sites excluding steroid dienone is 2. The third-order valence-corrected chi connectivity index (χ3v) is 5.65. The first kappa shape index (κ1) is 18.9. The van der Waals surface area contributed by atoms with Gasteiger partial charge in [0.05, 0.1) is 6.10 Å². The Hall–Kier alpha value is -1.87. The SMILES string of the molecule is CC(O)c1cccc(C(=O)N2CCC3=CCCC=C3C[C@H]2C(C)(C)C)c1. The summed E-state index contributed by atoms with van der Waals surface area (Å²) in [5.74, 6) is 0.0762. The highest BCUT2D eigenvalue weighted by Crippen LogP contribution is 2.38. The quantitative estimate of drug-likeness (QED) is 0.809. The average Bonchev–Trinajstić information content (AvgIpc) is 2.81. The molecule has 1 aliphatic carbocycles. The molecular weight excluding hydrogens is 322 g/mol. The van der Waals surface area contributed by atoms with E-state index in [-0.39, 0.29) is 17.4 Å². The van der Waals surface area contributed by atoms with E-state index in [1.807, 2.05) is 24.3 Å². The van der Waals surface area contributed by atoms with Crippen LogP contribution in [0.25, 0.3) is 0 Å². The van der Waals surface area contributed by atoms with Gasteiger partial charge in [-0.2, -0.15) is 0 Å². The zero-order valence-corrected chi connectivity index (χ0v) is 16.5. The van der Waals surface area contributed by atoms with Crippen molar-refractivity contribution in [3.63, 3.8) is 0 Å². The molecule has 3 nitrogen and oxygen atoms in total. The molecule has 0 spiro atoms. The molecule has 1 N–H and O–H groups in total. The number of rotatable bonds is 2. The van der Waals surface area contributed by atoms with Crippen LogP contribution in [0.4, 0.5) is 0 Å². The lowest BCUT2D eigenvalue weighted by Crippen LogP contribution is -2.47. The fraction of sp³-hybridized carbons (Fsp3) is 0.522. The zero-order valence-electron chi connectivity index (χ0n) is 16.5. The van der Waals surface area contributed by atoms with E-state index in [0.717, 1.165) is 37.8 Å². The highest BCUT2D eigenvalue weighted by Gasteiger charge is 2.37.